The average Bonchev–Trinajstić information content (AvgIpc) is 2.73. The second-order valence-electron chi connectivity index (χ2n) is 3.06. The van der Waals surface area contributed by atoms with Gasteiger partial charge in [0.15, 0.2) is 3.92 Å². The monoisotopic (exact) mass is 299 g/mol. The van der Waals surface area contributed by atoms with Crippen molar-refractivity contribution in [3.05, 3.63) is 33.7 Å². The zero-order valence-corrected chi connectivity index (χ0v) is 11.0. The minimum atomic E-state index is 0.728. The van der Waals surface area contributed by atoms with Crippen LogP contribution in [0.2, 0.25) is 0 Å². The predicted molar refractivity (Wildman–Crippen MR) is 67.9 cm³/mol. The number of nitrogens with one attached hydrogen (secondary N) is 1. The van der Waals surface area contributed by atoms with Crippen LogP contribution >= 0.6 is 27.3 Å². The van der Waals surface area contributed by atoms with Crippen LogP contribution in [-0.2, 0) is 6.54 Å². The Kier molecular flexibility index (Phi) is 3.74. The number of ether oxygens (including phenoxy) is 1. The van der Waals surface area contributed by atoms with Gasteiger partial charge in [0.25, 0.3) is 0 Å². The molecule has 0 saturated carbocycles. The lowest BCUT2D eigenvalue weighted by atomic mass is 10.2. The number of anilines is 1. The number of hydrogen-bond donors (Lipinski definition) is 1. The van der Waals surface area contributed by atoms with E-state index in [1.54, 1.807) is 7.11 Å². The first-order valence-electron chi connectivity index (χ1n) is 4.64. The highest BCUT2D eigenvalue weighted by atomic mass is 79.9. The Hall–Kier alpha value is -1.14. The second kappa shape index (κ2) is 5.27. The lowest BCUT2D eigenvalue weighted by Crippen LogP contribution is -1.98. The molecular weight excluding hydrogens is 290 g/mol. The van der Waals surface area contributed by atoms with Crippen molar-refractivity contribution >= 4 is 32.4 Å². The summed E-state index contributed by atoms with van der Waals surface area (Å²) in [4.78, 5) is 0. The summed E-state index contributed by atoms with van der Waals surface area (Å²) in [6.45, 7) is 0.728. The van der Waals surface area contributed by atoms with Crippen LogP contribution in [0.25, 0.3) is 0 Å². The van der Waals surface area contributed by atoms with Crippen LogP contribution in [0.4, 0.5) is 5.13 Å². The van der Waals surface area contributed by atoms with Crippen LogP contribution in [0, 0.1) is 0 Å². The molecule has 16 heavy (non-hydrogen) atoms. The fourth-order valence-corrected chi connectivity index (χ4v) is 2.20. The van der Waals surface area contributed by atoms with E-state index in [-0.39, 0.29) is 0 Å². The molecule has 6 heteroatoms. The summed E-state index contributed by atoms with van der Waals surface area (Å²) >= 11 is 4.74. The Labute approximate surface area is 106 Å². The maximum Gasteiger partial charge on any atom is 0.206 e. The van der Waals surface area contributed by atoms with Gasteiger partial charge in [0.1, 0.15) is 5.75 Å². The number of benzene rings is 1. The van der Waals surface area contributed by atoms with Gasteiger partial charge >= 0.3 is 0 Å². The van der Waals surface area contributed by atoms with Gasteiger partial charge in [-0.3, -0.25) is 0 Å². The van der Waals surface area contributed by atoms with Crippen molar-refractivity contribution in [1.82, 2.24) is 10.2 Å². The van der Waals surface area contributed by atoms with E-state index in [1.165, 1.54) is 16.9 Å². The first kappa shape index (κ1) is 11.3. The molecular formula is C10H10BrN3OS. The van der Waals surface area contributed by atoms with Gasteiger partial charge in [-0.1, -0.05) is 23.5 Å². The van der Waals surface area contributed by atoms with Gasteiger partial charge in [0.2, 0.25) is 5.13 Å². The molecule has 84 valence electrons. The van der Waals surface area contributed by atoms with Crippen LogP contribution in [0.1, 0.15) is 5.56 Å². The van der Waals surface area contributed by atoms with Crippen molar-refractivity contribution in [3.63, 3.8) is 0 Å². The van der Waals surface area contributed by atoms with Gasteiger partial charge in [-0.15, -0.1) is 10.2 Å². The molecule has 0 aliphatic carbocycles. The van der Waals surface area contributed by atoms with Crippen molar-refractivity contribution in [3.8, 4) is 5.75 Å². The molecule has 0 atom stereocenters. The van der Waals surface area contributed by atoms with E-state index in [0.29, 0.717) is 0 Å². The molecule has 1 aromatic heterocycles. The van der Waals surface area contributed by atoms with Crippen LogP contribution in [0.15, 0.2) is 28.2 Å². The minimum absolute atomic E-state index is 0.728. The number of hydrogen-bond acceptors (Lipinski definition) is 5. The molecule has 0 saturated heterocycles. The van der Waals surface area contributed by atoms with E-state index in [2.05, 4.69) is 31.4 Å². The summed E-state index contributed by atoms with van der Waals surface area (Å²) in [6.07, 6.45) is 0. The van der Waals surface area contributed by atoms with E-state index < -0.39 is 0 Å². The number of halogens is 1. The molecule has 4 nitrogen and oxygen atoms in total. The number of methoxy groups -OCH3 is 1. The van der Waals surface area contributed by atoms with Crippen LogP contribution in [0.5, 0.6) is 5.75 Å². The fraction of sp³-hybridized carbons (Fsp3) is 0.200. The first-order chi connectivity index (χ1) is 7.78. The summed E-state index contributed by atoms with van der Waals surface area (Å²) < 4.78 is 5.87. The summed E-state index contributed by atoms with van der Waals surface area (Å²) in [7, 11) is 1.66. The Bertz CT molecular complexity index is 457. The summed E-state index contributed by atoms with van der Waals surface area (Å²) in [5.41, 5.74) is 1.17. The van der Waals surface area contributed by atoms with Crippen molar-refractivity contribution in [2.24, 2.45) is 0 Å². The highest BCUT2D eigenvalue weighted by Crippen LogP contribution is 2.20. The van der Waals surface area contributed by atoms with Crippen molar-refractivity contribution in [1.29, 1.82) is 0 Å². The summed E-state index contributed by atoms with van der Waals surface area (Å²) in [5.74, 6) is 0.863. The van der Waals surface area contributed by atoms with E-state index >= 15 is 0 Å². The van der Waals surface area contributed by atoms with E-state index in [9.17, 15) is 0 Å². The minimum Gasteiger partial charge on any atom is -0.497 e. The number of aromatic nitrogens is 2. The van der Waals surface area contributed by atoms with E-state index in [0.717, 1.165) is 21.3 Å². The highest BCUT2D eigenvalue weighted by molar-refractivity contribution is 9.11. The molecule has 0 fully saturated rings. The molecule has 0 aliphatic heterocycles. The smallest absolute Gasteiger partial charge is 0.206 e. The molecule has 0 amide bonds. The van der Waals surface area contributed by atoms with Crippen molar-refractivity contribution in [2.45, 2.75) is 6.54 Å². The Balaban J connectivity index is 1.94. The lowest BCUT2D eigenvalue weighted by Gasteiger charge is -2.03. The summed E-state index contributed by atoms with van der Waals surface area (Å²) in [6, 6.07) is 7.91. The molecule has 0 radical (unpaired) electrons. The third-order valence-electron chi connectivity index (χ3n) is 2.00. The first-order valence-corrected chi connectivity index (χ1v) is 6.24. The van der Waals surface area contributed by atoms with Crippen LogP contribution in [0.3, 0.4) is 0 Å². The predicted octanol–water partition coefficient (Wildman–Crippen LogP) is 2.92. The van der Waals surface area contributed by atoms with Gasteiger partial charge < -0.3 is 10.1 Å². The van der Waals surface area contributed by atoms with Crippen LogP contribution < -0.4 is 10.1 Å². The quantitative estimate of drug-likeness (QED) is 0.943. The van der Waals surface area contributed by atoms with Crippen LogP contribution in [-0.4, -0.2) is 17.3 Å². The number of nitrogens with zero attached hydrogens (tertiary/aromatic N) is 2. The Morgan fingerprint density at radius 2 is 2.06 bits per heavy atom. The molecule has 0 unspecified atom stereocenters. The normalized spacial score (nSPS) is 10.1. The molecule has 2 aromatic rings. The third kappa shape index (κ3) is 2.93. The van der Waals surface area contributed by atoms with Gasteiger partial charge in [0.05, 0.1) is 7.11 Å². The fourth-order valence-electron chi connectivity index (χ4n) is 1.20. The Morgan fingerprint density at radius 1 is 1.31 bits per heavy atom. The van der Waals surface area contributed by atoms with Crippen molar-refractivity contribution < 1.29 is 4.74 Å². The largest absolute Gasteiger partial charge is 0.497 e. The lowest BCUT2D eigenvalue weighted by molar-refractivity contribution is 0.414. The molecule has 1 heterocycles. The second-order valence-corrected chi connectivity index (χ2v) is 5.32. The van der Waals surface area contributed by atoms with Gasteiger partial charge in [-0.2, -0.15) is 0 Å². The molecule has 1 N–H and O–H groups in total. The van der Waals surface area contributed by atoms with Crippen molar-refractivity contribution in [2.75, 3.05) is 12.4 Å². The maximum absolute atomic E-state index is 5.09. The van der Waals surface area contributed by atoms with E-state index in [1.807, 2.05) is 24.3 Å². The number of rotatable bonds is 4. The molecule has 0 aliphatic rings. The van der Waals surface area contributed by atoms with Gasteiger partial charge in [0, 0.05) is 6.54 Å². The molecule has 0 spiro atoms. The molecule has 1 aromatic carbocycles. The van der Waals surface area contributed by atoms with Gasteiger partial charge in [-0.25, -0.2) is 0 Å². The molecule has 2 rings (SSSR count). The Morgan fingerprint density at radius 3 is 2.62 bits per heavy atom. The maximum atomic E-state index is 5.09. The summed E-state index contributed by atoms with van der Waals surface area (Å²) in [5, 5.41) is 11.8. The molecule has 0 bridgehead atoms. The average molecular weight is 300 g/mol. The zero-order chi connectivity index (χ0) is 11.4. The van der Waals surface area contributed by atoms with Gasteiger partial charge in [-0.05, 0) is 33.6 Å². The van der Waals surface area contributed by atoms with E-state index in [4.69, 9.17) is 4.74 Å². The third-order valence-corrected chi connectivity index (χ3v) is 3.32. The zero-order valence-electron chi connectivity index (χ0n) is 8.61. The highest BCUT2D eigenvalue weighted by Gasteiger charge is 2.00. The topological polar surface area (TPSA) is 47.0 Å². The standard InChI is InChI=1S/C10H10BrN3OS/c1-15-8-4-2-7(3-5-8)6-12-10-14-13-9(11)16-10/h2-5H,6H2,1H3,(H,12,14). The SMILES string of the molecule is COc1ccc(CNc2nnc(Br)s2)cc1.